The van der Waals surface area contributed by atoms with Crippen LogP contribution in [0.2, 0.25) is 0 Å². The molecule has 20 heavy (non-hydrogen) atoms. The lowest BCUT2D eigenvalue weighted by molar-refractivity contribution is 0.578. The van der Waals surface area contributed by atoms with Crippen LogP contribution in [0.15, 0.2) is 35.5 Å². The molecule has 0 saturated carbocycles. The normalized spacial score (nSPS) is 13.3. The summed E-state index contributed by atoms with van der Waals surface area (Å²) < 4.78 is 26.9. The van der Waals surface area contributed by atoms with E-state index in [0.717, 1.165) is 5.56 Å². The highest BCUT2D eigenvalue weighted by molar-refractivity contribution is 7.89. The first kappa shape index (κ1) is 14.6. The van der Waals surface area contributed by atoms with Crippen molar-refractivity contribution in [3.63, 3.8) is 0 Å². The van der Waals surface area contributed by atoms with Gasteiger partial charge in [-0.15, -0.1) is 0 Å². The van der Waals surface area contributed by atoms with Gasteiger partial charge in [0.05, 0.1) is 11.4 Å². The number of aromatic nitrogens is 3. The SMILES string of the molecule is CNC(C)c1cccc(S(=O)(=O)NCc2ncn[nH]2)c1. The molecule has 0 aliphatic rings. The molecule has 1 unspecified atom stereocenters. The zero-order valence-corrected chi connectivity index (χ0v) is 12.1. The summed E-state index contributed by atoms with van der Waals surface area (Å²) in [5.74, 6) is 0.466. The molecule has 0 radical (unpaired) electrons. The maximum absolute atomic E-state index is 12.2. The molecule has 108 valence electrons. The minimum Gasteiger partial charge on any atom is -0.313 e. The Labute approximate surface area is 117 Å². The summed E-state index contributed by atoms with van der Waals surface area (Å²) in [6.07, 6.45) is 1.33. The second-order valence-corrected chi connectivity index (χ2v) is 6.11. The molecular formula is C12H17N5O2S. The van der Waals surface area contributed by atoms with Gasteiger partial charge in [0, 0.05) is 6.04 Å². The van der Waals surface area contributed by atoms with E-state index in [4.69, 9.17) is 0 Å². The molecule has 1 aromatic carbocycles. The number of rotatable bonds is 6. The number of nitrogens with one attached hydrogen (secondary N) is 3. The van der Waals surface area contributed by atoms with Gasteiger partial charge in [-0.2, -0.15) is 5.10 Å². The summed E-state index contributed by atoms with van der Waals surface area (Å²) in [4.78, 5) is 4.10. The van der Waals surface area contributed by atoms with Gasteiger partial charge in [-0.05, 0) is 31.7 Å². The molecule has 2 rings (SSSR count). The predicted octanol–water partition coefficient (Wildman–Crippen LogP) is 0.564. The van der Waals surface area contributed by atoms with Crippen LogP contribution in [-0.2, 0) is 16.6 Å². The highest BCUT2D eigenvalue weighted by Crippen LogP contribution is 2.17. The quantitative estimate of drug-likeness (QED) is 0.723. The van der Waals surface area contributed by atoms with Crippen LogP contribution in [0.4, 0.5) is 0 Å². The molecule has 1 atom stereocenters. The van der Waals surface area contributed by atoms with Gasteiger partial charge in [0.1, 0.15) is 12.2 Å². The van der Waals surface area contributed by atoms with Gasteiger partial charge < -0.3 is 5.32 Å². The van der Waals surface area contributed by atoms with Crippen LogP contribution in [0.3, 0.4) is 0 Å². The van der Waals surface area contributed by atoms with Gasteiger partial charge >= 0.3 is 0 Å². The molecule has 8 heteroatoms. The summed E-state index contributed by atoms with van der Waals surface area (Å²) in [7, 11) is -1.74. The highest BCUT2D eigenvalue weighted by Gasteiger charge is 2.15. The summed E-state index contributed by atoms with van der Waals surface area (Å²) in [6, 6.07) is 6.92. The van der Waals surface area contributed by atoms with E-state index in [1.54, 1.807) is 18.2 Å². The van der Waals surface area contributed by atoms with Crippen LogP contribution in [-0.4, -0.2) is 30.6 Å². The van der Waals surface area contributed by atoms with Crippen molar-refractivity contribution in [3.8, 4) is 0 Å². The van der Waals surface area contributed by atoms with Crippen molar-refractivity contribution in [2.24, 2.45) is 0 Å². The maximum Gasteiger partial charge on any atom is 0.240 e. The zero-order valence-electron chi connectivity index (χ0n) is 11.3. The fourth-order valence-corrected chi connectivity index (χ4v) is 2.72. The van der Waals surface area contributed by atoms with Crippen LogP contribution >= 0.6 is 0 Å². The van der Waals surface area contributed by atoms with Crippen molar-refractivity contribution in [1.29, 1.82) is 0 Å². The molecule has 0 amide bonds. The van der Waals surface area contributed by atoms with E-state index in [1.165, 1.54) is 6.33 Å². The molecule has 0 aliphatic heterocycles. The monoisotopic (exact) mass is 295 g/mol. The van der Waals surface area contributed by atoms with Gasteiger partial charge in [-0.25, -0.2) is 18.1 Å². The van der Waals surface area contributed by atoms with E-state index in [-0.39, 0.29) is 17.5 Å². The van der Waals surface area contributed by atoms with Crippen LogP contribution in [0.5, 0.6) is 0 Å². The number of hydrogen-bond donors (Lipinski definition) is 3. The van der Waals surface area contributed by atoms with Crippen LogP contribution in [0.25, 0.3) is 0 Å². The fourth-order valence-electron chi connectivity index (χ4n) is 1.68. The number of H-pyrrole nitrogens is 1. The lowest BCUT2D eigenvalue weighted by Gasteiger charge is -2.12. The smallest absolute Gasteiger partial charge is 0.240 e. The van der Waals surface area contributed by atoms with E-state index in [2.05, 4.69) is 25.2 Å². The Morgan fingerprint density at radius 1 is 1.40 bits per heavy atom. The first-order chi connectivity index (χ1) is 9.53. The zero-order chi connectivity index (χ0) is 14.6. The van der Waals surface area contributed by atoms with Crippen LogP contribution in [0, 0.1) is 0 Å². The Kier molecular flexibility index (Phi) is 4.48. The molecule has 0 bridgehead atoms. The summed E-state index contributed by atoms with van der Waals surface area (Å²) >= 11 is 0. The number of sulfonamides is 1. The fraction of sp³-hybridized carbons (Fsp3) is 0.333. The van der Waals surface area contributed by atoms with Crippen LogP contribution in [0.1, 0.15) is 24.4 Å². The molecule has 1 heterocycles. The van der Waals surface area contributed by atoms with Crippen molar-refractivity contribution in [3.05, 3.63) is 42.0 Å². The Morgan fingerprint density at radius 3 is 2.85 bits per heavy atom. The molecule has 3 N–H and O–H groups in total. The van der Waals surface area contributed by atoms with Gasteiger partial charge in [0.2, 0.25) is 10.0 Å². The molecule has 1 aromatic heterocycles. The summed E-state index contributed by atoms with van der Waals surface area (Å²) in [6.45, 7) is 2.04. The van der Waals surface area contributed by atoms with Crippen molar-refractivity contribution < 1.29 is 8.42 Å². The number of aromatic amines is 1. The first-order valence-corrected chi connectivity index (χ1v) is 7.62. The predicted molar refractivity (Wildman–Crippen MR) is 74.3 cm³/mol. The minimum absolute atomic E-state index is 0.0775. The molecular weight excluding hydrogens is 278 g/mol. The largest absolute Gasteiger partial charge is 0.313 e. The number of hydrogen-bond acceptors (Lipinski definition) is 5. The first-order valence-electron chi connectivity index (χ1n) is 6.14. The highest BCUT2D eigenvalue weighted by atomic mass is 32.2. The Morgan fingerprint density at radius 2 is 2.20 bits per heavy atom. The third-order valence-electron chi connectivity index (χ3n) is 3.00. The van der Waals surface area contributed by atoms with Gasteiger partial charge in [0.15, 0.2) is 0 Å². The van der Waals surface area contributed by atoms with E-state index in [1.807, 2.05) is 20.0 Å². The lowest BCUT2D eigenvalue weighted by Crippen LogP contribution is -2.24. The number of benzene rings is 1. The second kappa shape index (κ2) is 6.12. The summed E-state index contributed by atoms with van der Waals surface area (Å²) in [5.41, 5.74) is 0.912. The molecule has 2 aromatic rings. The molecule has 0 spiro atoms. The number of nitrogens with zero attached hydrogens (tertiary/aromatic N) is 2. The third-order valence-corrected chi connectivity index (χ3v) is 4.39. The van der Waals surface area contributed by atoms with E-state index in [0.29, 0.717) is 5.82 Å². The standard InChI is InChI=1S/C12H17N5O2S/c1-9(13-2)10-4-3-5-11(6-10)20(18,19)16-7-12-14-8-15-17-12/h3-6,8-9,13,16H,7H2,1-2H3,(H,14,15,17). The van der Waals surface area contributed by atoms with Gasteiger partial charge in [-0.1, -0.05) is 12.1 Å². The Hall–Kier alpha value is -1.77. The van der Waals surface area contributed by atoms with Crippen molar-refractivity contribution in [2.75, 3.05) is 7.05 Å². The average Bonchev–Trinajstić information content (AvgIpc) is 2.98. The van der Waals surface area contributed by atoms with Gasteiger partial charge in [-0.3, -0.25) is 5.10 Å². The van der Waals surface area contributed by atoms with E-state index in [9.17, 15) is 8.42 Å². The van der Waals surface area contributed by atoms with E-state index < -0.39 is 10.0 Å². The summed E-state index contributed by atoms with van der Waals surface area (Å²) in [5, 5.41) is 9.34. The lowest BCUT2D eigenvalue weighted by atomic mass is 10.1. The Balaban J connectivity index is 2.16. The Bertz CT molecular complexity index is 654. The topological polar surface area (TPSA) is 99.8 Å². The molecule has 0 fully saturated rings. The second-order valence-electron chi connectivity index (χ2n) is 4.34. The van der Waals surface area contributed by atoms with E-state index >= 15 is 0 Å². The maximum atomic E-state index is 12.2. The van der Waals surface area contributed by atoms with Crippen molar-refractivity contribution >= 4 is 10.0 Å². The average molecular weight is 295 g/mol. The van der Waals surface area contributed by atoms with Crippen molar-refractivity contribution in [2.45, 2.75) is 24.4 Å². The van der Waals surface area contributed by atoms with Gasteiger partial charge in [0.25, 0.3) is 0 Å². The van der Waals surface area contributed by atoms with Crippen molar-refractivity contribution in [1.82, 2.24) is 25.2 Å². The molecule has 0 aliphatic carbocycles. The molecule has 0 saturated heterocycles. The third kappa shape index (κ3) is 3.41. The molecule has 7 nitrogen and oxygen atoms in total. The van der Waals surface area contributed by atoms with Crippen LogP contribution < -0.4 is 10.0 Å². The minimum atomic E-state index is -3.57.